The molecule has 0 radical (unpaired) electrons. The lowest BCUT2D eigenvalue weighted by molar-refractivity contribution is -0.119. The molecule has 1 saturated carbocycles. The van der Waals surface area contributed by atoms with Crippen LogP contribution < -0.4 is 5.32 Å². The molecule has 1 atom stereocenters. The second-order valence-corrected chi connectivity index (χ2v) is 4.62. The molecule has 0 spiro atoms. The van der Waals surface area contributed by atoms with Crippen LogP contribution in [-0.2, 0) is 4.79 Å². The van der Waals surface area contributed by atoms with Gasteiger partial charge in [-0.25, -0.2) is 9.18 Å². The number of halogens is 1. The fourth-order valence-electron chi connectivity index (χ4n) is 1.81. The normalized spacial score (nSPS) is 16.1. The highest BCUT2D eigenvalue weighted by atomic mass is 19.1. The molecule has 1 aliphatic carbocycles. The van der Waals surface area contributed by atoms with Gasteiger partial charge >= 0.3 is 5.97 Å². The summed E-state index contributed by atoms with van der Waals surface area (Å²) in [5, 5.41) is 11.2. The lowest BCUT2D eigenvalue weighted by Crippen LogP contribution is -2.22. The number of amides is 1. The van der Waals surface area contributed by atoms with E-state index in [2.05, 4.69) is 5.32 Å². The second-order valence-electron chi connectivity index (χ2n) is 4.62. The highest BCUT2D eigenvalue weighted by Gasteiger charge is 2.32. The largest absolute Gasteiger partial charge is 0.478 e. The molecule has 0 aliphatic heterocycles. The van der Waals surface area contributed by atoms with Crippen molar-refractivity contribution in [2.75, 3.05) is 5.32 Å². The molecular weight excluding hydrogens is 237 g/mol. The molecule has 1 fully saturated rings. The minimum Gasteiger partial charge on any atom is -0.478 e. The van der Waals surface area contributed by atoms with E-state index in [9.17, 15) is 14.0 Å². The first-order valence-electron chi connectivity index (χ1n) is 5.82. The van der Waals surface area contributed by atoms with Crippen LogP contribution in [0.2, 0.25) is 0 Å². The number of hydrogen-bond donors (Lipinski definition) is 2. The highest BCUT2D eigenvalue weighted by Crippen LogP contribution is 2.37. The predicted octanol–water partition coefficient (Wildman–Crippen LogP) is 2.51. The summed E-state index contributed by atoms with van der Waals surface area (Å²) in [5.41, 5.74) is -0.113. The van der Waals surface area contributed by atoms with Gasteiger partial charge < -0.3 is 10.4 Å². The zero-order valence-electron chi connectivity index (χ0n) is 9.94. The zero-order chi connectivity index (χ0) is 13.3. The average molecular weight is 251 g/mol. The molecule has 1 aliphatic rings. The van der Waals surface area contributed by atoms with Gasteiger partial charge in [0.15, 0.2) is 0 Å². The summed E-state index contributed by atoms with van der Waals surface area (Å²) in [6, 6.07) is 3.44. The van der Waals surface area contributed by atoms with Crippen LogP contribution in [0.15, 0.2) is 18.2 Å². The number of aromatic carboxylic acids is 1. The van der Waals surface area contributed by atoms with Crippen molar-refractivity contribution in [3.8, 4) is 0 Å². The number of carboxylic acids is 1. The van der Waals surface area contributed by atoms with Crippen molar-refractivity contribution < 1.29 is 19.1 Å². The number of benzene rings is 1. The number of hydrogen-bond acceptors (Lipinski definition) is 2. The SMILES string of the molecule is CC(C(=O)Nc1ccc(C(=O)O)cc1F)C1CC1. The summed E-state index contributed by atoms with van der Waals surface area (Å²) in [6.07, 6.45) is 2.07. The minimum absolute atomic E-state index is 0.0255. The van der Waals surface area contributed by atoms with E-state index >= 15 is 0 Å². The number of rotatable bonds is 4. The van der Waals surface area contributed by atoms with E-state index in [4.69, 9.17) is 5.11 Å². The summed E-state index contributed by atoms with van der Waals surface area (Å²) in [6.45, 7) is 1.82. The van der Waals surface area contributed by atoms with Gasteiger partial charge in [0.25, 0.3) is 0 Å². The average Bonchev–Trinajstić information content (AvgIpc) is 3.14. The molecule has 1 amide bonds. The minimum atomic E-state index is -1.20. The molecule has 0 bridgehead atoms. The van der Waals surface area contributed by atoms with Crippen LogP contribution in [0.25, 0.3) is 0 Å². The Morgan fingerprint density at radius 3 is 2.61 bits per heavy atom. The first-order chi connectivity index (χ1) is 8.49. The fraction of sp³-hybridized carbons (Fsp3) is 0.385. The Labute approximate surface area is 104 Å². The molecule has 4 nitrogen and oxygen atoms in total. The Kier molecular flexibility index (Phi) is 3.32. The van der Waals surface area contributed by atoms with Gasteiger partial charge in [-0.15, -0.1) is 0 Å². The molecule has 2 rings (SSSR count). The Balaban J connectivity index is 2.09. The van der Waals surface area contributed by atoms with Gasteiger partial charge in [0.1, 0.15) is 5.82 Å². The maximum Gasteiger partial charge on any atom is 0.335 e. The topological polar surface area (TPSA) is 66.4 Å². The van der Waals surface area contributed by atoms with Crippen LogP contribution in [0.3, 0.4) is 0 Å². The first-order valence-corrected chi connectivity index (χ1v) is 5.82. The Morgan fingerprint density at radius 2 is 2.11 bits per heavy atom. The maximum atomic E-state index is 13.6. The number of carbonyl (C=O) groups excluding carboxylic acids is 1. The number of carbonyl (C=O) groups is 2. The maximum absolute atomic E-state index is 13.6. The van der Waals surface area contributed by atoms with Gasteiger partial charge in [-0.2, -0.15) is 0 Å². The molecular formula is C13H14FNO3. The van der Waals surface area contributed by atoms with Gasteiger partial charge in [-0.1, -0.05) is 6.92 Å². The molecule has 2 N–H and O–H groups in total. The van der Waals surface area contributed by atoms with Crippen LogP contribution in [0.1, 0.15) is 30.1 Å². The van der Waals surface area contributed by atoms with E-state index in [-0.39, 0.29) is 23.1 Å². The zero-order valence-corrected chi connectivity index (χ0v) is 9.94. The number of nitrogens with one attached hydrogen (secondary N) is 1. The third-order valence-corrected chi connectivity index (χ3v) is 3.22. The van der Waals surface area contributed by atoms with Crippen molar-refractivity contribution in [1.82, 2.24) is 0 Å². The van der Waals surface area contributed by atoms with Crippen LogP contribution >= 0.6 is 0 Å². The predicted molar refractivity (Wildman–Crippen MR) is 63.9 cm³/mol. The van der Waals surface area contributed by atoms with Crippen molar-refractivity contribution in [3.63, 3.8) is 0 Å². The monoisotopic (exact) mass is 251 g/mol. The van der Waals surface area contributed by atoms with E-state index in [1.165, 1.54) is 12.1 Å². The van der Waals surface area contributed by atoms with Crippen LogP contribution in [0.4, 0.5) is 10.1 Å². The molecule has 0 aromatic heterocycles. The van der Waals surface area contributed by atoms with E-state index in [0.29, 0.717) is 5.92 Å². The van der Waals surface area contributed by atoms with Crippen molar-refractivity contribution >= 4 is 17.6 Å². The van der Waals surface area contributed by atoms with E-state index in [1.807, 2.05) is 6.92 Å². The lowest BCUT2D eigenvalue weighted by atomic mass is 10.1. The van der Waals surface area contributed by atoms with Crippen LogP contribution in [0.5, 0.6) is 0 Å². The number of carboxylic acid groups (broad SMARTS) is 1. The molecule has 0 heterocycles. The molecule has 1 aromatic rings. The van der Waals surface area contributed by atoms with Gasteiger partial charge in [-0.3, -0.25) is 4.79 Å². The van der Waals surface area contributed by atoms with Gasteiger partial charge in [-0.05, 0) is 37.0 Å². The quantitative estimate of drug-likeness (QED) is 0.864. The standard InChI is InChI=1S/C13H14FNO3/c1-7(8-2-3-8)12(16)15-11-5-4-9(13(17)18)6-10(11)14/h4-8H,2-3H2,1H3,(H,15,16)(H,17,18). The van der Waals surface area contributed by atoms with Crippen molar-refractivity contribution in [1.29, 1.82) is 0 Å². The van der Waals surface area contributed by atoms with Crippen molar-refractivity contribution in [3.05, 3.63) is 29.6 Å². The third-order valence-electron chi connectivity index (χ3n) is 3.22. The van der Waals surface area contributed by atoms with Crippen molar-refractivity contribution in [2.45, 2.75) is 19.8 Å². The molecule has 1 unspecified atom stereocenters. The lowest BCUT2D eigenvalue weighted by Gasteiger charge is -2.11. The van der Waals surface area contributed by atoms with Crippen LogP contribution in [0, 0.1) is 17.7 Å². The van der Waals surface area contributed by atoms with Crippen molar-refractivity contribution in [2.24, 2.45) is 11.8 Å². The Bertz CT molecular complexity index is 497. The molecule has 18 heavy (non-hydrogen) atoms. The van der Waals surface area contributed by atoms with Gasteiger partial charge in [0, 0.05) is 5.92 Å². The summed E-state index contributed by atoms with van der Waals surface area (Å²) in [7, 11) is 0. The fourth-order valence-corrected chi connectivity index (χ4v) is 1.81. The van der Waals surface area contributed by atoms with Gasteiger partial charge in [0.2, 0.25) is 5.91 Å². The first kappa shape index (κ1) is 12.5. The highest BCUT2D eigenvalue weighted by molar-refractivity contribution is 5.94. The summed E-state index contributed by atoms with van der Waals surface area (Å²) in [4.78, 5) is 22.4. The second kappa shape index (κ2) is 4.76. The molecule has 1 aromatic carbocycles. The summed E-state index contributed by atoms with van der Waals surface area (Å²) < 4.78 is 13.6. The van der Waals surface area contributed by atoms with E-state index < -0.39 is 11.8 Å². The summed E-state index contributed by atoms with van der Waals surface area (Å²) in [5.74, 6) is -1.89. The summed E-state index contributed by atoms with van der Waals surface area (Å²) >= 11 is 0. The third kappa shape index (κ3) is 2.67. The van der Waals surface area contributed by atoms with E-state index in [1.54, 1.807) is 0 Å². The molecule has 0 saturated heterocycles. The molecule has 96 valence electrons. The number of anilines is 1. The molecule has 5 heteroatoms. The van der Waals surface area contributed by atoms with Gasteiger partial charge in [0.05, 0.1) is 11.3 Å². The Hall–Kier alpha value is -1.91. The van der Waals surface area contributed by atoms with E-state index in [0.717, 1.165) is 18.9 Å². The Morgan fingerprint density at radius 1 is 1.44 bits per heavy atom. The van der Waals surface area contributed by atoms with Crippen LogP contribution in [-0.4, -0.2) is 17.0 Å². The smallest absolute Gasteiger partial charge is 0.335 e.